The fourth-order valence-electron chi connectivity index (χ4n) is 5.44. The minimum absolute atomic E-state index is 0.0341. The van der Waals surface area contributed by atoms with Gasteiger partial charge in [-0.15, -0.1) is 0 Å². The quantitative estimate of drug-likeness (QED) is 0.218. The van der Waals surface area contributed by atoms with Gasteiger partial charge in [-0.2, -0.15) is 18.2 Å². The number of hydrogen-bond acceptors (Lipinski definition) is 6. The fourth-order valence-corrected chi connectivity index (χ4v) is 5.44. The monoisotopic (exact) mass is 566 g/mol. The number of benzene rings is 2. The lowest BCUT2D eigenvalue weighted by Crippen LogP contribution is -2.31. The van der Waals surface area contributed by atoms with Crippen LogP contribution in [0.2, 0.25) is 0 Å². The van der Waals surface area contributed by atoms with E-state index in [1.54, 1.807) is 0 Å². The molecule has 5 rings (SSSR count). The lowest BCUT2D eigenvalue weighted by molar-refractivity contribution is -0.137. The van der Waals surface area contributed by atoms with Crippen LogP contribution in [0.3, 0.4) is 0 Å². The zero-order valence-corrected chi connectivity index (χ0v) is 23.2. The highest BCUT2D eigenvalue weighted by Gasteiger charge is 2.31. The first-order valence-electron chi connectivity index (χ1n) is 13.8. The molecule has 2 atom stereocenters. The maximum atomic E-state index is 13.2. The van der Waals surface area contributed by atoms with Crippen LogP contribution in [0.15, 0.2) is 54.6 Å². The predicted molar refractivity (Wildman–Crippen MR) is 151 cm³/mol. The van der Waals surface area contributed by atoms with E-state index in [0.717, 1.165) is 43.4 Å². The number of nitrogens with one attached hydrogen (secondary N) is 1. The largest absolute Gasteiger partial charge is 0.475 e. The summed E-state index contributed by atoms with van der Waals surface area (Å²) in [7, 11) is 1.90. The maximum absolute atomic E-state index is 13.2. The van der Waals surface area contributed by atoms with Crippen molar-refractivity contribution >= 4 is 28.9 Å². The van der Waals surface area contributed by atoms with Gasteiger partial charge >= 0.3 is 12.1 Å². The Kier molecular flexibility index (Phi) is 7.88. The van der Waals surface area contributed by atoms with Crippen LogP contribution in [-0.2, 0) is 12.7 Å². The summed E-state index contributed by atoms with van der Waals surface area (Å²) in [5.74, 6) is -0.354. The van der Waals surface area contributed by atoms with E-state index in [-0.39, 0.29) is 30.1 Å². The number of fused-ring (bicyclic) bond motifs is 1. The van der Waals surface area contributed by atoms with Crippen LogP contribution in [-0.4, -0.2) is 43.7 Å². The first-order valence-corrected chi connectivity index (χ1v) is 13.8. The second-order valence-corrected chi connectivity index (χ2v) is 10.6. The summed E-state index contributed by atoms with van der Waals surface area (Å²) in [6.45, 7) is 4.29. The molecule has 0 saturated heterocycles. The number of alkyl halides is 3. The third-order valence-corrected chi connectivity index (χ3v) is 7.97. The van der Waals surface area contributed by atoms with Crippen molar-refractivity contribution in [3.8, 4) is 0 Å². The molecule has 0 amide bonds. The van der Waals surface area contributed by atoms with Crippen LogP contribution in [0.25, 0.3) is 11.2 Å². The number of aromatic carboxylic acids is 1. The molecule has 0 aliphatic heterocycles. The van der Waals surface area contributed by atoms with E-state index in [9.17, 15) is 23.1 Å². The Morgan fingerprint density at radius 2 is 1.78 bits per heavy atom. The van der Waals surface area contributed by atoms with Gasteiger partial charge in [0.15, 0.2) is 11.5 Å². The molecule has 0 unspecified atom stereocenters. The molecular weight excluding hydrogens is 533 g/mol. The van der Waals surface area contributed by atoms with Crippen molar-refractivity contribution in [2.45, 2.75) is 64.3 Å². The van der Waals surface area contributed by atoms with Gasteiger partial charge < -0.3 is 19.9 Å². The molecule has 11 heteroatoms. The van der Waals surface area contributed by atoms with Crippen molar-refractivity contribution < 1.29 is 23.1 Å². The highest BCUT2D eigenvalue weighted by atomic mass is 19.4. The van der Waals surface area contributed by atoms with Crippen molar-refractivity contribution in [3.63, 3.8) is 0 Å². The number of halogens is 3. The highest BCUT2D eigenvalue weighted by Crippen LogP contribution is 2.36. The number of hydrogen-bond donors (Lipinski definition) is 2. The van der Waals surface area contributed by atoms with Gasteiger partial charge in [-0.25, -0.2) is 14.8 Å². The fraction of sp³-hybridized carbons (Fsp3) is 0.400. The molecule has 8 nitrogen and oxygen atoms in total. The smallest absolute Gasteiger partial charge is 0.416 e. The summed E-state index contributed by atoms with van der Waals surface area (Å²) in [5, 5.41) is 13.2. The minimum atomic E-state index is -4.44. The average Bonchev–Trinajstić information content (AvgIpc) is 3.27. The lowest BCUT2D eigenvalue weighted by Gasteiger charge is -2.32. The second kappa shape index (κ2) is 11.4. The van der Waals surface area contributed by atoms with E-state index < -0.39 is 17.7 Å². The molecular formula is C30H33F3N6O2. The Hall–Kier alpha value is -4.15. The topological polar surface area (TPSA) is 96.2 Å². The number of imidazole rings is 1. The van der Waals surface area contributed by atoms with E-state index in [2.05, 4.69) is 22.2 Å². The van der Waals surface area contributed by atoms with Crippen LogP contribution >= 0.6 is 0 Å². The number of carboxylic acid groups (broad SMARTS) is 1. The molecule has 4 aromatic rings. The van der Waals surface area contributed by atoms with Crippen molar-refractivity contribution in [1.82, 2.24) is 19.5 Å². The van der Waals surface area contributed by atoms with Crippen LogP contribution in [0.4, 0.5) is 24.9 Å². The maximum Gasteiger partial charge on any atom is 0.416 e. The molecule has 1 saturated carbocycles. The molecule has 41 heavy (non-hydrogen) atoms. The third-order valence-electron chi connectivity index (χ3n) is 7.97. The highest BCUT2D eigenvalue weighted by molar-refractivity contribution is 5.91. The normalized spacial score (nSPS) is 15.4. The average molecular weight is 567 g/mol. The molecule has 0 bridgehead atoms. The van der Waals surface area contributed by atoms with Gasteiger partial charge in [0.25, 0.3) is 0 Å². The zero-order chi connectivity index (χ0) is 29.3. The number of rotatable bonds is 10. The molecule has 2 aromatic carbocycles. The van der Waals surface area contributed by atoms with Crippen molar-refractivity contribution in [2.24, 2.45) is 5.92 Å². The Morgan fingerprint density at radius 3 is 2.34 bits per heavy atom. The van der Waals surface area contributed by atoms with E-state index in [0.29, 0.717) is 28.8 Å². The van der Waals surface area contributed by atoms with Crippen LogP contribution < -0.4 is 10.2 Å². The Labute approximate surface area is 236 Å². The molecule has 2 heterocycles. The summed E-state index contributed by atoms with van der Waals surface area (Å²) >= 11 is 0. The van der Waals surface area contributed by atoms with E-state index >= 15 is 0 Å². The standard InChI is InChI=1S/C30H33F3N6O2/c1-4-23(21-9-6-5-7-10-21)38(3)29-37-26-24(39(29)17-19-13-15-22(16-14-19)30(31,32)33)25(35-27(36-26)28(40)41)34-18(2)20-11-8-12-20/h5-7,9-10,13-16,18,20,23H,4,8,11-12,17H2,1-3H3,(H,40,41)(H,34,35,36)/t18-,23+/m1/s1. The molecule has 2 aromatic heterocycles. The molecule has 1 aliphatic rings. The van der Waals surface area contributed by atoms with Crippen molar-refractivity contribution in [3.05, 3.63) is 77.1 Å². The van der Waals surface area contributed by atoms with Crippen molar-refractivity contribution in [2.75, 3.05) is 17.3 Å². The van der Waals surface area contributed by atoms with Crippen LogP contribution in [0, 0.1) is 5.92 Å². The molecule has 0 spiro atoms. The Bertz CT molecular complexity index is 1520. The minimum Gasteiger partial charge on any atom is -0.475 e. The van der Waals surface area contributed by atoms with E-state index in [1.807, 2.05) is 53.8 Å². The molecule has 1 aliphatic carbocycles. The van der Waals surface area contributed by atoms with Crippen molar-refractivity contribution in [1.29, 1.82) is 0 Å². The zero-order valence-electron chi connectivity index (χ0n) is 23.2. The first-order chi connectivity index (χ1) is 19.6. The molecule has 1 fully saturated rings. The van der Waals surface area contributed by atoms with Gasteiger partial charge in [-0.3, -0.25) is 0 Å². The Morgan fingerprint density at radius 1 is 1.10 bits per heavy atom. The second-order valence-electron chi connectivity index (χ2n) is 10.6. The first kappa shape index (κ1) is 28.4. The summed E-state index contributed by atoms with van der Waals surface area (Å²) in [4.78, 5) is 27.4. The third kappa shape index (κ3) is 5.84. The van der Waals surface area contributed by atoms with Gasteiger partial charge in [0.2, 0.25) is 11.8 Å². The number of aromatic nitrogens is 4. The number of carbonyl (C=O) groups is 1. The van der Waals surface area contributed by atoms with E-state index in [1.165, 1.54) is 12.1 Å². The summed E-state index contributed by atoms with van der Waals surface area (Å²) in [6, 6.07) is 14.9. The molecule has 0 radical (unpaired) electrons. The van der Waals surface area contributed by atoms with Gasteiger partial charge in [0, 0.05) is 13.1 Å². The Balaban J connectivity index is 1.66. The van der Waals surface area contributed by atoms with Gasteiger partial charge in [0.1, 0.15) is 5.52 Å². The summed E-state index contributed by atoms with van der Waals surface area (Å²) in [5.41, 5.74) is 1.68. The summed E-state index contributed by atoms with van der Waals surface area (Å²) < 4.78 is 41.6. The van der Waals surface area contributed by atoms with E-state index in [4.69, 9.17) is 4.98 Å². The van der Waals surface area contributed by atoms with Gasteiger partial charge in [-0.1, -0.05) is 55.8 Å². The van der Waals surface area contributed by atoms with Crippen LogP contribution in [0.5, 0.6) is 0 Å². The lowest BCUT2D eigenvalue weighted by atomic mass is 9.80. The van der Waals surface area contributed by atoms with Crippen LogP contribution in [0.1, 0.15) is 72.9 Å². The summed E-state index contributed by atoms with van der Waals surface area (Å²) in [6.07, 6.45) is -0.398. The number of nitrogens with zero attached hydrogens (tertiary/aromatic N) is 5. The predicted octanol–water partition coefficient (Wildman–Crippen LogP) is 6.78. The van der Waals surface area contributed by atoms with Gasteiger partial charge in [0.05, 0.1) is 18.2 Å². The number of carboxylic acids is 1. The SMILES string of the molecule is CC[C@@H](c1ccccc1)N(C)c1nc2nc(C(=O)O)nc(N[C@H](C)C3CCC3)c2n1Cc1ccc(C(F)(F)F)cc1. The van der Waals surface area contributed by atoms with Gasteiger partial charge in [-0.05, 0) is 55.4 Å². The molecule has 216 valence electrons. The molecule has 2 N–H and O–H groups in total. The number of anilines is 2.